The summed E-state index contributed by atoms with van der Waals surface area (Å²) in [6.07, 6.45) is 0.600. The van der Waals surface area contributed by atoms with Gasteiger partial charge in [0.25, 0.3) is 0 Å². The average Bonchev–Trinajstić information content (AvgIpc) is 2.39. The molecule has 6 heteroatoms. The van der Waals surface area contributed by atoms with Gasteiger partial charge in [0.2, 0.25) is 10.0 Å². The summed E-state index contributed by atoms with van der Waals surface area (Å²) >= 11 is 0. The van der Waals surface area contributed by atoms with Gasteiger partial charge in [-0.15, -0.1) is 0 Å². The molecule has 1 N–H and O–H groups in total. The first-order valence-corrected chi connectivity index (χ1v) is 7.22. The molecule has 0 aliphatic rings. The highest BCUT2D eigenvalue weighted by molar-refractivity contribution is 7.89. The minimum atomic E-state index is -3.53. The normalized spacial score (nSPS) is 11.9. The summed E-state index contributed by atoms with van der Waals surface area (Å²) in [4.78, 5) is 0.246. The predicted molar refractivity (Wildman–Crippen MR) is 68.8 cm³/mol. The Morgan fingerprint density at radius 2 is 1.89 bits per heavy atom. The molecular weight excluding hydrogens is 254 g/mol. The van der Waals surface area contributed by atoms with Crippen molar-refractivity contribution >= 4 is 10.0 Å². The minimum Gasteiger partial charge on any atom is -0.395 e. The maximum atomic E-state index is 12.3. The molecule has 1 aromatic carbocycles. The monoisotopic (exact) mass is 273 g/mol. The molecule has 102 valence electrons. The number of rotatable bonds is 8. The lowest BCUT2D eigenvalue weighted by Gasteiger charge is -2.21. The number of sulfonamides is 1. The third kappa shape index (κ3) is 4.06. The maximum Gasteiger partial charge on any atom is 0.243 e. The molecule has 0 heterocycles. The summed E-state index contributed by atoms with van der Waals surface area (Å²) in [7, 11) is -1.95. The Morgan fingerprint density at radius 3 is 2.44 bits per heavy atom. The molecule has 0 fully saturated rings. The number of hydrogen-bond donors (Lipinski definition) is 1. The Morgan fingerprint density at radius 1 is 1.22 bits per heavy atom. The van der Waals surface area contributed by atoms with Gasteiger partial charge < -0.3 is 9.84 Å². The van der Waals surface area contributed by atoms with Crippen LogP contribution in [0.3, 0.4) is 0 Å². The van der Waals surface area contributed by atoms with E-state index in [0.29, 0.717) is 19.6 Å². The molecule has 0 saturated heterocycles. The molecule has 0 aliphatic heterocycles. The molecule has 0 saturated carbocycles. The van der Waals surface area contributed by atoms with Gasteiger partial charge in [0.1, 0.15) is 0 Å². The van der Waals surface area contributed by atoms with Gasteiger partial charge in [-0.25, -0.2) is 8.42 Å². The lowest BCUT2D eigenvalue weighted by atomic mass is 10.4. The van der Waals surface area contributed by atoms with Crippen LogP contribution < -0.4 is 0 Å². The Balaban J connectivity index is 2.83. The fourth-order valence-electron chi connectivity index (χ4n) is 1.59. The predicted octanol–water partition coefficient (Wildman–Crippen LogP) is 0.706. The van der Waals surface area contributed by atoms with Crippen LogP contribution in [-0.2, 0) is 14.8 Å². The summed E-state index contributed by atoms with van der Waals surface area (Å²) in [5.74, 6) is 0. The highest BCUT2D eigenvalue weighted by atomic mass is 32.2. The van der Waals surface area contributed by atoms with Crippen LogP contribution in [0.1, 0.15) is 6.42 Å². The van der Waals surface area contributed by atoms with Crippen LogP contribution in [0.15, 0.2) is 35.2 Å². The van der Waals surface area contributed by atoms with Gasteiger partial charge in [0, 0.05) is 26.8 Å². The molecule has 0 unspecified atom stereocenters. The van der Waals surface area contributed by atoms with Crippen molar-refractivity contribution in [2.24, 2.45) is 0 Å². The molecule has 0 aromatic heterocycles. The van der Waals surface area contributed by atoms with E-state index < -0.39 is 10.0 Å². The van der Waals surface area contributed by atoms with Crippen LogP contribution in [0, 0.1) is 0 Å². The Bertz CT molecular complexity index is 433. The van der Waals surface area contributed by atoms with Gasteiger partial charge in [-0.2, -0.15) is 4.31 Å². The van der Waals surface area contributed by atoms with Crippen molar-refractivity contribution in [2.75, 3.05) is 33.4 Å². The molecule has 1 aromatic rings. The molecule has 1 rings (SSSR count). The van der Waals surface area contributed by atoms with Crippen molar-refractivity contribution in [1.29, 1.82) is 0 Å². The molecule has 18 heavy (non-hydrogen) atoms. The SMILES string of the molecule is COCCCN(CCO)S(=O)(=O)c1ccccc1. The molecule has 0 atom stereocenters. The first kappa shape index (κ1) is 15.1. The van der Waals surface area contributed by atoms with Gasteiger partial charge in [-0.3, -0.25) is 0 Å². The van der Waals surface area contributed by atoms with E-state index in [9.17, 15) is 8.42 Å². The molecule has 0 bridgehead atoms. The van der Waals surface area contributed by atoms with Crippen molar-refractivity contribution in [3.8, 4) is 0 Å². The fourth-order valence-corrected chi connectivity index (χ4v) is 3.08. The van der Waals surface area contributed by atoms with E-state index in [1.807, 2.05) is 0 Å². The topological polar surface area (TPSA) is 66.8 Å². The lowest BCUT2D eigenvalue weighted by Crippen LogP contribution is -2.34. The van der Waals surface area contributed by atoms with E-state index in [-0.39, 0.29) is 18.0 Å². The largest absolute Gasteiger partial charge is 0.395 e. The zero-order valence-electron chi connectivity index (χ0n) is 10.4. The van der Waals surface area contributed by atoms with Gasteiger partial charge in [0.05, 0.1) is 11.5 Å². The van der Waals surface area contributed by atoms with Crippen molar-refractivity contribution in [1.82, 2.24) is 4.31 Å². The Labute approximate surface area is 108 Å². The highest BCUT2D eigenvalue weighted by Crippen LogP contribution is 2.15. The standard InChI is InChI=1S/C12H19NO4S/c1-17-11-5-8-13(9-10-14)18(15,16)12-6-3-2-4-7-12/h2-4,6-7,14H,5,8-11H2,1H3. The third-order valence-electron chi connectivity index (χ3n) is 2.49. The molecule has 0 radical (unpaired) electrons. The van der Waals surface area contributed by atoms with Crippen LogP contribution >= 0.6 is 0 Å². The Kier molecular flexibility index (Phi) is 6.28. The van der Waals surface area contributed by atoms with Crippen molar-refractivity contribution in [2.45, 2.75) is 11.3 Å². The maximum absolute atomic E-state index is 12.3. The van der Waals surface area contributed by atoms with Gasteiger partial charge in [-0.05, 0) is 18.6 Å². The van der Waals surface area contributed by atoms with Crippen molar-refractivity contribution in [3.05, 3.63) is 30.3 Å². The number of aliphatic hydroxyl groups is 1. The average molecular weight is 273 g/mol. The van der Waals surface area contributed by atoms with E-state index in [0.717, 1.165) is 0 Å². The number of aliphatic hydroxyl groups excluding tert-OH is 1. The number of methoxy groups -OCH3 is 1. The highest BCUT2D eigenvalue weighted by Gasteiger charge is 2.23. The van der Waals surface area contributed by atoms with E-state index in [1.54, 1.807) is 37.4 Å². The number of ether oxygens (including phenoxy) is 1. The summed E-state index contributed by atoms with van der Waals surface area (Å²) in [6, 6.07) is 8.23. The second kappa shape index (κ2) is 7.48. The third-order valence-corrected chi connectivity index (χ3v) is 4.40. The molecule has 0 amide bonds. The molecular formula is C12H19NO4S. The second-order valence-electron chi connectivity index (χ2n) is 3.79. The van der Waals surface area contributed by atoms with Crippen LogP contribution in [-0.4, -0.2) is 51.2 Å². The first-order valence-electron chi connectivity index (χ1n) is 5.78. The molecule has 5 nitrogen and oxygen atoms in total. The van der Waals surface area contributed by atoms with Crippen molar-refractivity contribution < 1.29 is 18.3 Å². The zero-order chi connectivity index (χ0) is 13.4. The minimum absolute atomic E-state index is 0.0982. The number of hydrogen-bond acceptors (Lipinski definition) is 4. The first-order chi connectivity index (χ1) is 8.62. The van der Waals surface area contributed by atoms with Crippen molar-refractivity contribution in [3.63, 3.8) is 0 Å². The van der Waals surface area contributed by atoms with Crippen LogP contribution in [0.25, 0.3) is 0 Å². The van der Waals surface area contributed by atoms with Gasteiger partial charge in [0.15, 0.2) is 0 Å². The Hall–Kier alpha value is -0.950. The van der Waals surface area contributed by atoms with Crippen LogP contribution in [0.5, 0.6) is 0 Å². The zero-order valence-corrected chi connectivity index (χ0v) is 11.3. The summed E-state index contributed by atoms with van der Waals surface area (Å²) in [5.41, 5.74) is 0. The van der Waals surface area contributed by atoms with Crippen LogP contribution in [0.4, 0.5) is 0 Å². The van der Waals surface area contributed by atoms with E-state index in [1.165, 1.54) is 4.31 Å². The quantitative estimate of drug-likeness (QED) is 0.708. The van der Waals surface area contributed by atoms with Gasteiger partial charge in [-0.1, -0.05) is 18.2 Å². The lowest BCUT2D eigenvalue weighted by molar-refractivity contribution is 0.182. The number of nitrogens with zero attached hydrogens (tertiary/aromatic N) is 1. The van der Waals surface area contributed by atoms with Crippen LogP contribution in [0.2, 0.25) is 0 Å². The second-order valence-corrected chi connectivity index (χ2v) is 5.73. The van der Waals surface area contributed by atoms with E-state index in [4.69, 9.17) is 9.84 Å². The summed E-state index contributed by atoms with van der Waals surface area (Å²) in [6.45, 7) is 0.734. The number of benzene rings is 1. The smallest absolute Gasteiger partial charge is 0.243 e. The molecule has 0 spiro atoms. The summed E-state index contributed by atoms with van der Waals surface area (Å²) in [5, 5.41) is 8.97. The molecule has 0 aliphatic carbocycles. The van der Waals surface area contributed by atoms with E-state index in [2.05, 4.69) is 0 Å². The summed E-state index contributed by atoms with van der Waals surface area (Å²) < 4.78 is 30.8. The van der Waals surface area contributed by atoms with E-state index >= 15 is 0 Å². The van der Waals surface area contributed by atoms with Gasteiger partial charge >= 0.3 is 0 Å². The fraction of sp³-hybridized carbons (Fsp3) is 0.500.